The van der Waals surface area contributed by atoms with Gasteiger partial charge in [0, 0.05) is 0 Å². The molecule has 0 aliphatic rings. The summed E-state index contributed by atoms with van der Waals surface area (Å²) < 4.78 is 0. The van der Waals surface area contributed by atoms with E-state index in [0.29, 0.717) is 0 Å². The van der Waals surface area contributed by atoms with Crippen molar-refractivity contribution in [2.24, 2.45) is 0 Å². The highest BCUT2D eigenvalue weighted by atomic mass is 16.4. The van der Waals surface area contributed by atoms with Gasteiger partial charge in [0.1, 0.15) is 5.75 Å². The standard InChI is InChI=1S/C7H6O3.C2H4/c8-6-3-1-5(2-4-6)7(9)10;1-2/h1-4,8H,(H,9,10);1-2H2. The van der Waals surface area contributed by atoms with E-state index in [2.05, 4.69) is 13.2 Å². The first-order valence-electron chi connectivity index (χ1n) is 3.22. The summed E-state index contributed by atoms with van der Waals surface area (Å²) >= 11 is 0. The first-order chi connectivity index (χ1) is 5.70. The summed E-state index contributed by atoms with van der Waals surface area (Å²) in [5, 5.41) is 17.1. The summed E-state index contributed by atoms with van der Waals surface area (Å²) in [5.74, 6) is -0.912. The Morgan fingerprint density at radius 2 is 1.58 bits per heavy atom. The second-order valence-corrected chi connectivity index (χ2v) is 1.85. The Morgan fingerprint density at radius 1 is 1.17 bits per heavy atom. The third kappa shape index (κ3) is 2.88. The minimum absolute atomic E-state index is 0.0741. The van der Waals surface area contributed by atoms with Crippen LogP contribution in [-0.2, 0) is 0 Å². The molecule has 0 aromatic heterocycles. The molecule has 0 aliphatic heterocycles. The molecule has 3 heteroatoms. The maximum atomic E-state index is 10.2. The molecule has 0 unspecified atom stereocenters. The molecule has 0 spiro atoms. The van der Waals surface area contributed by atoms with E-state index in [1.54, 1.807) is 0 Å². The van der Waals surface area contributed by atoms with Crippen LogP contribution in [0.2, 0.25) is 0 Å². The molecule has 0 aliphatic carbocycles. The molecule has 0 radical (unpaired) electrons. The molecule has 0 atom stereocenters. The largest absolute Gasteiger partial charge is 0.508 e. The lowest BCUT2D eigenvalue weighted by Crippen LogP contribution is -1.93. The Labute approximate surface area is 70.6 Å². The highest BCUT2D eigenvalue weighted by molar-refractivity contribution is 5.87. The van der Waals surface area contributed by atoms with Crippen molar-refractivity contribution in [3.63, 3.8) is 0 Å². The molecule has 64 valence electrons. The van der Waals surface area contributed by atoms with E-state index < -0.39 is 5.97 Å². The van der Waals surface area contributed by atoms with E-state index >= 15 is 0 Å². The van der Waals surface area contributed by atoms with Crippen LogP contribution < -0.4 is 0 Å². The van der Waals surface area contributed by atoms with Gasteiger partial charge in [0.25, 0.3) is 0 Å². The van der Waals surface area contributed by atoms with Gasteiger partial charge >= 0.3 is 5.97 Å². The van der Waals surface area contributed by atoms with Gasteiger partial charge in [0.05, 0.1) is 5.56 Å². The van der Waals surface area contributed by atoms with E-state index in [-0.39, 0.29) is 11.3 Å². The van der Waals surface area contributed by atoms with Crippen molar-refractivity contribution in [2.75, 3.05) is 0 Å². The second kappa shape index (κ2) is 4.96. The fourth-order valence-corrected chi connectivity index (χ4v) is 0.604. The van der Waals surface area contributed by atoms with Crippen molar-refractivity contribution >= 4 is 5.97 Å². The predicted molar refractivity (Wildman–Crippen MR) is 46.3 cm³/mol. The van der Waals surface area contributed by atoms with E-state index in [4.69, 9.17) is 10.2 Å². The molecule has 3 nitrogen and oxygen atoms in total. The van der Waals surface area contributed by atoms with Gasteiger partial charge in [-0.3, -0.25) is 0 Å². The monoisotopic (exact) mass is 166 g/mol. The van der Waals surface area contributed by atoms with Crippen LogP contribution in [0.15, 0.2) is 37.4 Å². The molecule has 2 N–H and O–H groups in total. The molecule has 1 aromatic rings. The number of hydrogen-bond acceptors (Lipinski definition) is 2. The minimum Gasteiger partial charge on any atom is -0.508 e. The van der Waals surface area contributed by atoms with Crippen LogP contribution in [0.4, 0.5) is 0 Å². The molecule has 0 saturated carbocycles. The molecule has 1 aromatic carbocycles. The van der Waals surface area contributed by atoms with E-state index in [1.165, 1.54) is 24.3 Å². The number of benzene rings is 1. The van der Waals surface area contributed by atoms with E-state index in [1.807, 2.05) is 0 Å². The summed E-state index contributed by atoms with van der Waals surface area (Å²) in [6.45, 7) is 6.00. The van der Waals surface area contributed by atoms with Crippen molar-refractivity contribution < 1.29 is 15.0 Å². The van der Waals surface area contributed by atoms with Gasteiger partial charge in [-0.05, 0) is 24.3 Å². The van der Waals surface area contributed by atoms with Gasteiger partial charge in [-0.2, -0.15) is 0 Å². The number of aromatic carboxylic acids is 1. The summed E-state index contributed by atoms with van der Waals surface area (Å²) in [7, 11) is 0. The third-order valence-electron chi connectivity index (χ3n) is 1.11. The normalized spacial score (nSPS) is 8.00. The Kier molecular flexibility index (Phi) is 4.23. The number of carboxylic acid groups (broad SMARTS) is 1. The molecular formula is C9H10O3. The van der Waals surface area contributed by atoms with Crippen molar-refractivity contribution in [2.45, 2.75) is 0 Å². The van der Waals surface area contributed by atoms with Crippen molar-refractivity contribution in [3.05, 3.63) is 43.0 Å². The highest BCUT2D eigenvalue weighted by Crippen LogP contribution is 2.08. The molecular weight excluding hydrogens is 156 g/mol. The van der Waals surface area contributed by atoms with Gasteiger partial charge in [-0.1, -0.05) is 0 Å². The number of phenols is 1. The fourth-order valence-electron chi connectivity index (χ4n) is 0.604. The van der Waals surface area contributed by atoms with Crippen LogP contribution in [0.5, 0.6) is 5.75 Å². The topological polar surface area (TPSA) is 57.5 Å². The van der Waals surface area contributed by atoms with Gasteiger partial charge in [-0.25, -0.2) is 4.79 Å². The summed E-state index contributed by atoms with van der Waals surface area (Å²) in [6, 6.07) is 5.36. The van der Waals surface area contributed by atoms with Crippen LogP contribution in [0.3, 0.4) is 0 Å². The van der Waals surface area contributed by atoms with Gasteiger partial charge in [0.15, 0.2) is 0 Å². The van der Waals surface area contributed by atoms with Crippen LogP contribution in [0.1, 0.15) is 10.4 Å². The number of carboxylic acids is 1. The quantitative estimate of drug-likeness (QED) is 0.626. The van der Waals surface area contributed by atoms with Crippen molar-refractivity contribution in [1.29, 1.82) is 0 Å². The van der Waals surface area contributed by atoms with Gasteiger partial charge in [-0.15, -0.1) is 13.2 Å². The maximum Gasteiger partial charge on any atom is 0.335 e. The maximum absolute atomic E-state index is 10.2. The lowest BCUT2D eigenvalue weighted by atomic mass is 10.2. The summed E-state index contributed by atoms with van der Waals surface area (Å²) in [5.41, 5.74) is 0.179. The van der Waals surface area contributed by atoms with Crippen LogP contribution in [0.25, 0.3) is 0 Å². The first kappa shape index (κ1) is 10.2. The van der Waals surface area contributed by atoms with Gasteiger partial charge < -0.3 is 10.2 Å². The van der Waals surface area contributed by atoms with Gasteiger partial charge in [0.2, 0.25) is 0 Å². The molecule has 0 saturated heterocycles. The molecule has 0 heterocycles. The van der Waals surface area contributed by atoms with E-state index in [9.17, 15) is 4.79 Å². The predicted octanol–water partition coefficient (Wildman–Crippen LogP) is 1.89. The fraction of sp³-hybridized carbons (Fsp3) is 0. The highest BCUT2D eigenvalue weighted by Gasteiger charge is 1.99. The van der Waals surface area contributed by atoms with Crippen molar-refractivity contribution in [1.82, 2.24) is 0 Å². The molecule has 0 amide bonds. The lowest BCUT2D eigenvalue weighted by molar-refractivity contribution is 0.0697. The zero-order valence-corrected chi connectivity index (χ0v) is 6.53. The zero-order valence-electron chi connectivity index (χ0n) is 6.53. The third-order valence-corrected chi connectivity index (χ3v) is 1.11. The zero-order chi connectivity index (χ0) is 9.56. The molecule has 0 fully saturated rings. The van der Waals surface area contributed by atoms with Crippen LogP contribution in [-0.4, -0.2) is 16.2 Å². The average Bonchev–Trinajstić information content (AvgIpc) is 2.09. The Morgan fingerprint density at radius 3 is 1.92 bits per heavy atom. The number of aromatic hydroxyl groups is 1. The molecule has 0 bridgehead atoms. The van der Waals surface area contributed by atoms with E-state index in [0.717, 1.165) is 0 Å². The number of phenolic OH excluding ortho intramolecular Hbond substituents is 1. The Balaban J connectivity index is 0.000000561. The molecule has 12 heavy (non-hydrogen) atoms. The summed E-state index contributed by atoms with van der Waals surface area (Å²) in [4.78, 5) is 10.2. The number of hydrogen-bond donors (Lipinski definition) is 2. The first-order valence-corrected chi connectivity index (χ1v) is 3.22. The lowest BCUT2D eigenvalue weighted by Gasteiger charge is -1.92. The number of rotatable bonds is 1. The Hall–Kier alpha value is -1.77. The Bertz CT molecular complexity index is 251. The smallest absolute Gasteiger partial charge is 0.335 e. The van der Waals surface area contributed by atoms with Crippen LogP contribution in [0, 0.1) is 0 Å². The van der Waals surface area contributed by atoms with Crippen LogP contribution >= 0.6 is 0 Å². The SMILES string of the molecule is C=C.O=C(O)c1ccc(O)cc1. The average molecular weight is 166 g/mol. The second-order valence-electron chi connectivity index (χ2n) is 1.85. The van der Waals surface area contributed by atoms with Crippen molar-refractivity contribution in [3.8, 4) is 5.75 Å². The minimum atomic E-state index is -0.986. The summed E-state index contributed by atoms with van der Waals surface area (Å²) in [6.07, 6.45) is 0. The molecule has 1 rings (SSSR count). The number of carbonyl (C=O) groups is 1.